The monoisotopic (exact) mass is 273 g/mol. The zero-order valence-corrected chi connectivity index (χ0v) is 11.8. The van der Waals surface area contributed by atoms with E-state index >= 15 is 0 Å². The number of rotatable bonds is 5. The van der Waals surface area contributed by atoms with Crippen LogP contribution in [0.1, 0.15) is 21.7 Å². The predicted octanol–water partition coefficient (Wildman–Crippen LogP) is 1.36. The maximum atomic E-state index is 12.5. The van der Waals surface area contributed by atoms with Crippen LogP contribution in [0.2, 0.25) is 0 Å². The molecule has 5 heteroatoms. The highest BCUT2D eigenvalue weighted by atomic mass is 16.3. The lowest BCUT2D eigenvalue weighted by Gasteiger charge is -2.21. The van der Waals surface area contributed by atoms with Crippen LogP contribution in [-0.4, -0.2) is 38.8 Å². The summed E-state index contributed by atoms with van der Waals surface area (Å²) in [6.45, 7) is 2.57. The van der Waals surface area contributed by atoms with E-state index in [1.807, 2.05) is 37.3 Å². The predicted molar refractivity (Wildman–Crippen MR) is 76.2 cm³/mol. The van der Waals surface area contributed by atoms with Crippen LogP contribution in [0.5, 0.6) is 0 Å². The summed E-state index contributed by atoms with van der Waals surface area (Å²) >= 11 is 0. The Balaban J connectivity index is 2.20. The third-order valence-electron chi connectivity index (χ3n) is 3.09. The van der Waals surface area contributed by atoms with Gasteiger partial charge < -0.3 is 10.0 Å². The fraction of sp³-hybridized carbons (Fsp3) is 0.333. The number of aliphatic hydroxyl groups is 1. The van der Waals surface area contributed by atoms with Gasteiger partial charge in [0, 0.05) is 20.1 Å². The van der Waals surface area contributed by atoms with Crippen LogP contribution in [0.15, 0.2) is 36.4 Å². The molecular formula is C15H19N3O2. The van der Waals surface area contributed by atoms with Gasteiger partial charge in [0.2, 0.25) is 0 Å². The Bertz CT molecular complexity index is 578. The van der Waals surface area contributed by atoms with Crippen LogP contribution in [0.25, 0.3) is 0 Å². The van der Waals surface area contributed by atoms with E-state index < -0.39 is 0 Å². The van der Waals surface area contributed by atoms with Crippen molar-refractivity contribution >= 4 is 5.91 Å². The van der Waals surface area contributed by atoms with E-state index in [9.17, 15) is 4.79 Å². The standard InChI is InChI=1S/C15H19N3O2/c1-12-10-14(17(2)16-12)15(20)18(8-9-19)11-13-6-4-3-5-7-13/h3-7,10,19H,8-9,11H2,1-2H3. The molecule has 0 aliphatic rings. The van der Waals surface area contributed by atoms with Gasteiger partial charge in [0.15, 0.2) is 0 Å². The van der Waals surface area contributed by atoms with Crippen molar-refractivity contribution in [2.24, 2.45) is 7.05 Å². The molecule has 0 fully saturated rings. The molecule has 0 spiro atoms. The molecule has 0 unspecified atom stereocenters. The first-order valence-electron chi connectivity index (χ1n) is 6.56. The number of amides is 1. The largest absolute Gasteiger partial charge is 0.395 e. The number of carbonyl (C=O) groups excluding carboxylic acids is 1. The fourth-order valence-electron chi connectivity index (χ4n) is 2.15. The average Bonchev–Trinajstić information content (AvgIpc) is 2.77. The number of aliphatic hydroxyl groups excluding tert-OH is 1. The maximum Gasteiger partial charge on any atom is 0.272 e. The van der Waals surface area contributed by atoms with Crippen molar-refractivity contribution in [1.29, 1.82) is 0 Å². The molecule has 0 saturated heterocycles. The SMILES string of the molecule is Cc1cc(C(=O)N(CCO)Cc2ccccc2)n(C)n1. The maximum absolute atomic E-state index is 12.5. The van der Waals surface area contributed by atoms with Crippen molar-refractivity contribution in [3.63, 3.8) is 0 Å². The first-order valence-corrected chi connectivity index (χ1v) is 6.56. The molecule has 2 rings (SSSR count). The molecule has 1 amide bonds. The van der Waals surface area contributed by atoms with Crippen LogP contribution in [0.3, 0.4) is 0 Å². The van der Waals surface area contributed by atoms with Gasteiger partial charge >= 0.3 is 0 Å². The normalized spacial score (nSPS) is 10.6. The zero-order valence-electron chi connectivity index (χ0n) is 11.8. The van der Waals surface area contributed by atoms with Crippen molar-refractivity contribution < 1.29 is 9.90 Å². The highest BCUT2D eigenvalue weighted by molar-refractivity contribution is 5.92. The number of aromatic nitrogens is 2. The smallest absolute Gasteiger partial charge is 0.272 e. The highest BCUT2D eigenvalue weighted by Crippen LogP contribution is 2.10. The highest BCUT2D eigenvalue weighted by Gasteiger charge is 2.19. The van der Waals surface area contributed by atoms with Crippen LogP contribution in [-0.2, 0) is 13.6 Å². The van der Waals surface area contributed by atoms with Crippen LogP contribution in [0.4, 0.5) is 0 Å². The Morgan fingerprint density at radius 1 is 1.35 bits per heavy atom. The van der Waals surface area contributed by atoms with Crippen molar-refractivity contribution in [3.8, 4) is 0 Å². The summed E-state index contributed by atoms with van der Waals surface area (Å²) in [6.07, 6.45) is 0. The van der Waals surface area contributed by atoms with Gasteiger partial charge in [0.25, 0.3) is 5.91 Å². The molecule has 0 bridgehead atoms. The molecule has 5 nitrogen and oxygen atoms in total. The third-order valence-corrected chi connectivity index (χ3v) is 3.09. The summed E-state index contributed by atoms with van der Waals surface area (Å²) in [5, 5.41) is 13.4. The average molecular weight is 273 g/mol. The first-order chi connectivity index (χ1) is 9.61. The van der Waals surface area contributed by atoms with Gasteiger partial charge in [-0.2, -0.15) is 5.10 Å². The Kier molecular flexibility index (Phi) is 4.53. The van der Waals surface area contributed by atoms with E-state index in [0.29, 0.717) is 18.8 Å². The van der Waals surface area contributed by atoms with E-state index in [4.69, 9.17) is 5.11 Å². The van der Waals surface area contributed by atoms with Gasteiger partial charge in [0.1, 0.15) is 5.69 Å². The molecular weight excluding hydrogens is 254 g/mol. The number of hydrogen-bond acceptors (Lipinski definition) is 3. The van der Waals surface area contributed by atoms with Gasteiger partial charge in [-0.25, -0.2) is 0 Å². The fourth-order valence-corrected chi connectivity index (χ4v) is 2.15. The van der Waals surface area contributed by atoms with Crippen LogP contribution in [0, 0.1) is 6.92 Å². The summed E-state index contributed by atoms with van der Waals surface area (Å²) in [7, 11) is 1.75. The number of hydrogen-bond donors (Lipinski definition) is 1. The minimum atomic E-state index is -0.119. The lowest BCUT2D eigenvalue weighted by Crippen LogP contribution is -2.34. The second-order valence-electron chi connectivity index (χ2n) is 4.73. The lowest BCUT2D eigenvalue weighted by atomic mass is 10.2. The van der Waals surface area contributed by atoms with Crippen LogP contribution < -0.4 is 0 Å². The van der Waals surface area contributed by atoms with Crippen molar-refractivity contribution in [3.05, 3.63) is 53.3 Å². The first kappa shape index (κ1) is 14.3. The van der Waals surface area contributed by atoms with Gasteiger partial charge in [0.05, 0.1) is 12.3 Å². The molecule has 106 valence electrons. The lowest BCUT2D eigenvalue weighted by molar-refractivity contribution is 0.0696. The summed E-state index contributed by atoms with van der Waals surface area (Å²) in [5.41, 5.74) is 2.37. The molecule has 0 radical (unpaired) electrons. The summed E-state index contributed by atoms with van der Waals surface area (Å²) in [5.74, 6) is -0.119. The van der Waals surface area contributed by atoms with Crippen LogP contribution >= 0.6 is 0 Å². The molecule has 2 aromatic rings. The molecule has 20 heavy (non-hydrogen) atoms. The van der Waals surface area contributed by atoms with Gasteiger partial charge in [-0.15, -0.1) is 0 Å². The molecule has 1 N–H and O–H groups in total. The second kappa shape index (κ2) is 6.34. The summed E-state index contributed by atoms with van der Waals surface area (Å²) < 4.78 is 1.58. The third kappa shape index (κ3) is 3.24. The Hall–Kier alpha value is -2.14. The Morgan fingerprint density at radius 2 is 2.05 bits per heavy atom. The Labute approximate surface area is 118 Å². The molecule has 0 saturated carbocycles. The molecule has 0 aliphatic carbocycles. The Morgan fingerprint density at radius 3 is 2.60 bits per heavy atom. The van der Waals surface area contributed by atoms with Crippen molar-refractivity contribution in [2.75, 3.05) is 13.2 Å². The van der Waals surface area contributed by atoms with E-state index in [1.54, 1.807) is 22.7 Å². The minimum absolute atomic E-state index is 0.0601. The minimum Gasteiger partial charge on any atom is -0.395 e. The number of carbonyl (C=O) groups is 1. The second-order valence-corrected chi connectivity index (χ2v) is 4.73. The topological polar surface area (TPSA) is 58.4 Å². The van der Waals surface area contributed by atoms with Crippen molar-refractivity contribution in [2.45, 2.75) is 13.5 Å². The molecule has 0 atom stereocenters. The number of aryl methyl sites for hydroxylation is 2. The van der Waals surface area contributed by atoms with E-state index in [2.05, 4.69) is 5.10 Å². The van der Waals surface area contributed by atoms with Gasteiger partial charge in [-0.3, -0.25) is 9.48 Å². The van der Waals surface area contributed by atoms with E-state index in [0.717, 1.165) is 11.3 Å². The summed E-state index contributed by atoms with van der Waals surface area (Å²) in [6, 6.07) is 11.5. The van der Waals surface area contributed by atoms with E-state index in [1.165, 1.54) is 0 Å². The van der Waals surface area contributed by atoms with Crippen molar-refractivity contribution in [1.82, 2.24) is 14.7 Å². The van der Waals surface area contributed by atoms with E-state index in [-0.39, 0.29) is 12.5 Å². The molecule has 1 aromatic carbocycles. The molecule has 0 aliphatic heterocycles. The number of benzene rings is 1. The molecule has 1 heterocycles. The molecule has 1 aromatic heterocycles. The van der Waals surface area contributed by atoms with Gasteiger partial charge in [-0.05, 0) is 18.6 Å². The number of nitrogens with zero attached hydrogens (tertiary/aromatic N) is 3. The zero-order chi connectivity index (χ0) is 14.5. The van der Waals surface area contributed by atoms with Gasteiger partial charge in [-0.1, -0.05) is 30.3 Å². The summed E-state index contributed by atoms with van der Waals surface area (Å²) in [4.78, 5) is 14.2. The quantitative estimate of drug-likeness (QED) is 0.895.